The molecule has 2 N–H and O–H groups in total. The SMILES string of the molecule is COc1cc(OC)c(OC)cc1CN1CCCC(CN)C1. The van der Waals surface area contributed by atoms with Crippen LogP contribution in [0.1, 0.15) is 18.4 Å². The van der Waals surface area contributed by atoms with Crippen molar-refractivity contribution >= 4 is 0 Å². The molecule has 1 aromatic rings. The number of rotatable bonds is 6. The van der Waals surface area contributed by atoms with Crippen LogP contribution in [0.25, 0.3) is 0 Å². The van der Waals surface area contributed by atoms with Gasteiger partial charge in [0.25, 0.3) is 0 Å². The molecule has 1 aromatic carbocycles. The average Bonchev–Trinajstić information content (AvgIpc) is 2.54. The van der Waals surface area contributed by atoms with Gasteiger partial charge in [-0.2, -0.15) is 0 Å². The Hall–Kier alpha value is -1.46. The number of methoxy groups -OCH3 is 3. The molecule has 1 fully saturated rings. The molecular weight excluding hydrogens is 268 g/mol. The normalized spacial score (nSPS) is 19.3. The van der Waals surface area contributed by atoms with E-state index in [0.29, 0.717) is 11.7 Å². The van der Waals surface area contributed by atoms with Crippen LogP contribution >= 0.6 is 0 Å². The third-order valence-corrected chi connectivity index (χ3v) is 4.12. The lowest BCUT2D eigenvalue weighted by atomic mass is 9.98. The van der Waals surface area contributed by atoms with Crippen molar-refractivity contribution < 1.29 is 14.2 Å². The van der Waals surface area contributed by atoms with E-state index in [1.807, 2.05) is 12.1 Å². The Morgan fingerprint density at radius 3 is 2.38 bits per heavy atom. The first-order valence-corrected chi connectivity index (χ1v) is 7.43. The predicted molar refractivity (Wildman–Crippen MR) is 83.2 cm³/mol. The fraction of sp³-hybridized carbons (Fsp3) is 0.625. The molecule has 0 bridgehead atoms. The van der Waals surface area contributed by atoms with Crippen LogP contribution in [0.15, 0.2) is 12.1 Å². The van der Waals surface area contributed by atoms with Gasteiger partial charge in [-0.15, -0.1) is 0 Å². The standard InChI is InChI=1S/C16H26N2O3/c1-19-14-8-16(21-3)15(20-2)7-13(14)11-18-6-4-5-12(9-17)10-18/h7-8,12H,4-6,9-11,17H2,1-3H3. The van der Waals surface area contributed by atoms with Crippen molar-refractivity contribution in [3.63, 3.8) is 0 Å². The van der Waals surface area contributed by atoms with E-state index in [1.165, 1.54) is 12.8 Å². The van der Waals surface area contributed by atoms with Gasteiger partial charge in [-0.05, 0) is 37.9 Å². The first-order valence-electron chi connectivity index (χ1n) is 7.43. The number of likely N-dealkylation sites (tertiary alicyclic amines) is 1. The number of nitrogens with two attached hydrogens (primary N) is 1. The zero-order valence-corrected chi connectivity index (χ0v) is 13.2. The van der Waals surface area contributed by atoms with Crippen LogP contribution in [0.2, 0.25) is 0 Å². The molecule has 0 aromatic heterocycles. The average molecular weight is 294 g/mol. The predicted octanol–water partition coefficient (Wildman–Crippen LogP) is 1.88. The summed E-state index contributed by atoms with van der Waals surface area (Å²) in [6.45, 7) is 3.77. The van der Waals surface area contributed by atoms with Gasteiger partial charge in [0.15, 0.2) is 11.5 Å². The van der Waals surface area contributed by atoms with E-state index in [0.717, 1.165) is 43.2 Å². The van der Waals surface area contributed by atoms with Crippen LogP contribution in [-0.2, 0) is 6.54 Å². The molecule has 21 heavy (non-hydrogen) atoms. The maximum absolute atomic E-state index is 5.81. The lowest BCUT2D eigenvalue weighted by molar-refractivity contribution is 0.169. The molecule has 0 aliphatic carbocycles. The number of ether oxygens (including phenoxy) is 3. The van der Waals surface area contributed by atoms with Gasteiger partial charge in [0.2, 0.25) is 0 Å². The molecule has 1 unspecified atom stereocenters. The molecule has 0 radical (unpaired) electrons. The first kappa shape index (κ1) is 15.9. The second kappa shape index (κ2) is 7.52. The Morgan fingerprint density at radius 2 is 1.76 bits per heavy atom. The van der Waals surface area contributed by atoms with E-state index in [-0.39, 0.29) is 0 Å². The van der Waals surface area contributed by atoms with Crippen LogP contribution < -0.4 is 19.9 Å². The topological polar surface area (TPSA) is 57.0 Å². The van der Waals surface area contributed by atoms with Gasteiger partial charge in [-0.25, -0.2) is 0 Å². The van der Waals surface area contributed by atoms with Gasteiger partial charge in [0.05, 0.1) is 21.3 Å². The third kappa shape index (κ3) is 3.80. The largest absolute Gasteiger partial charge is 0.496 e. The van der Waals surface area contributed by atoms with E-state index < -0.39 is 0 Å². The van der Waals surface area contributed by atoms with Gasteiger partial charge in [0, 0.05) is 24.7 Å². The van der Waals surface area contributed by atoms with E-state index >= 15 is 0 Å². The molecule has 118 valence electrons. The summed E-state index contributed by atoms with van der Waals surface area (Å²) in [5.74, 6) is 2.87. The Labute approximate surface area is 127 Å². The second-order valence-electron chi connectivity index (χ2n) is 5.50. The second-order valence-corrected chi connectivity index (χ2v) is 5.50. The molecule has 0 saturated carbocycles. The molecule has 5 nitrogen and oxygen atoms in total. The molecule has 2 rings (SSSR count). The lowest BCUT2D eigenvalue weighted by Gasteiger charge is -2.32. The summed E-state index contributed by atoms with van der Waals surface area (Å²) in [5.41, 5.74) is 6.93. The highest BCUT2D eigenvalue weighted by molar-refractivity contribution is 5.50. The maximum atomic E-state index is 5.81. The number of benzene rings is 1. The number of hydrogen-bond acceptors (Lipinski definition) is 5. The Morgan fingerprint density at radius 1 is 1.10 bits per heavy atom. The van der Waals surface area contributed by atoms with Gasteiger partial charge >= 0.3 is 0 Å². The molecule has 1 atom stereocenters. The van der Waals surface area contributed by atoms with Crippen LogP contribution in [-0.4, -0.2) is 45.9 Å². The van der Waals surface area contributed by atoms with Crippen molar-refractivity contribution in [2.45, 2.75) is 19.4 Å². The van der Waals surface area contributed by atoms with Crippen LogP contribution in [0.5, 0.6) is 17.2 Å². The summed E-state index contributed by atoms with van der Waals surface area (Å²) in [7, 11) is 4.97. The summed E-state index contributed by atoms with van der Waals surface area (Å²) in [5, 5.41) is 0. The molecular formula is C16H26N2O3. The van der Waals surface area contributed by atoms with Crippen molar-refractivity contribution in [2.24, 2.45) is 11.7 Å². The van der Waals surface area contributed by atoms with Crippen molar-refractivity contribution in [2.75, 3.05) is 41.0 Å². The molecule has 1 heterocycles. The summed E-state index contributed by atoms with van der Waals surface area (Å²) >= 11 is 0. The molecule has 1 aliphatic rings. The molecule has 1 saturated heterocycles. The molecule has 0 amide bonds. The van der Waals surface area contributed by atoms with Crippen molar-refractivity contribution in [1.82, 2.24) is 4.90 Å². The fourth-order valence-corrected chi connectivity index (χ4v) is 2.94. The minimum atomic E-state index is 0.602. The zero-order chi connectivity index (χ0) is 15.2. The van der Waals surface area contributed by atoms with Crippen molar-refractivity contribution in [3.05, 3.63) is 17.7 Å². The van der Waals surface area contributed by atoms with Crippen molar-refractivity contribution in [1.29, 1.82) is 0 Å². The van der Waals surface area contributed by atoms with Crippen LogP contribution in [0.3, 0.4) is 0 Å². The Kier molecular flexibility index (Phi) is 5.70. The number of nitrogens with zero attached hydrogens (tertiary/aromatic N) is 1. The highest BCUT2D eigenvalue weighted by Crippen LogP contribution is 2.35. The zero-order valence-electron chi connectivity index (χ0n) is 13.2. The lowest BCUT2D eigenvalue weighted by Crippen LogP contribution is -2.37. The van der Waals surface area contributed by atoms with Gasteiger partial charge < -0.3 is 19.9 Å². The molecule has 1 aliphatic heterocycles. The van der Waals surface area contributed by atoms with E-state index in [1.54, 1.807) is 21.3 Å². The van der Waals surface area contributed by atoms with E-state index in [2.05, 4.69) is 4.90 Å². The summed E-state index contributed by atoms with van der Waals surface area (Å²) in [6.07, 6.45) is 2.44. The van der Waals surface area contributed by atoms with Crippen LogP contribution in [0.4, 0.5) is 0 Å². The smallest absolute Gasteiger partial charge is 0.164 e. The number of piperidine rings is 1. The van der Waals surface area contributed by atoms with E-state index in [9.17, 15) is 0 Å². The summed E-state index contributed by atoms with van der Waals surface area (Å²) < 4.78 is 16.2. The van der Waals surface area contributed by atoms with Gasteiger partial charge in [-0.3, -0.25) is 4.90 Å². The first-order chi connectivity index (χ1) is 10.2. The Balaban J connectivity index is 2.18. The van der Waals surface area contributed by atoms with Crippen LogP contribution in [0, 0.1) is 5.92 Å². The Bertz CT molecular complexity index is 465. The fourth-order valence-electron chi connectivity index (χ4n) is 2.94. The molecule has 0 spiro atoms. The van der Waals surface area contributed by atoms with E-state index in [4.69, 9.17) is 19.9 Å². The number of hydrogen-bond donors (Lipinski definition) is 1. The maximum Gasteiger partial charge on any atom is 0.164 e. The highest BCUT2D eigenvalue weighted by Gasteiger charge is 2.21. The quantitative estimate of drug-likeness (QED) is 0.868. The minimum absolute atomic E-state index is 0.602. The summed E-state index contributed by atoms with van der Waals surface area (Å²) in [4.78, 5) is 2.44. The van der Waals surface area contributed by atoms with Crippen molar-refractivity contribution in [3.8, 4) is 17.2 Å². The van der Waals surface area contributed by atoms with Gasteiger partial charge in [-0.1, -0.05) is 0 Å². The van der Waals surface area contributed by atoms with Gasteiger partial charge in [0.1, 0.15) is 5.75 Å². The monoisotopic (exact) mass is 294 g/mol. The summed E-state index contributed by atoms with van der Waals surface area (Å²) in [6, 6.07) is 3.89. The molecule has 5 heteroatoms. The third-order valence-electron chi connectivity index (χ3n) is 4.12. The minimum Gasteiger partial charge on any atom is -0.496 e. The highest BCUT2D eigenvalue weighted by atomic mass is 16.5.